The van der Waals surface area contributed by atoms with Crippen LogP contribution in [0.4, 0.5) is 5.69 Å². The van der Waals surface area contributed by atoms with Gasteiger partial charge in [0.2, 0.25) is 5.91 Å². The first kappa shape index (κ1) is 25.6. The molecule has 1 heterocycles. The fourth-order valence-corrected chi connectivity index (χ4v) is 5.88. The second-order valence-electron chi connectivity index (χ2n) is 9.85. The molecule has 0 spiro atoms. The number of methoxy groups -OCH3 is 3. The Bertz CT molecular complexity index is 1300. The van der Waals surface area contributed by atoms with Gasteiger partial charge >= 0.3 is 0 Å². The highest BCUT2D eigenvalue weighted by atomic mass is 16.5. The van der Waals surface area contributed by atoms with E-state index < -0.39 is 12.0 Å². The van der Waals surface area contributed by atoms with E-state index in [2.05, 4.69) is 5.32 Å². The van der Waals surface area contributed by atoms with Gasteiger partial charge in [0.1, 0.15) is 5.75 Å². The van der Waals surface area contributed by atoms with E-state index in [9.17, 15) is 9.59 Å². The molecule has 1 fully saturated rings. The van der Waals surface area contributed by atoms with Crippen LogP contribution in [0, 0.1) is 0 Å². The minimum atomic E-state index is -0.604. The molecule has 0 unspecified atom stereocenters. The molecule has 2 atom stereocenters. The van der Waals surface area contributed by atoms with Gasteiger partial charge in [-0.3, -0.25) is 9.59 Å². The summed E-state index contributed by atoms with van der Waals surface area (Å²) in [5.74, 6) is 1.04. The van der Waals surface area contributed by atoms with Crippen LogP contribution in [0.3, 0.4) is 0 Å². The van der Waals surface area contributed by atoms with Crippen molar-refractivity contribution < 1.29 is 23.8 Å². The number of nitrogens with one attached hydrogen (secondary N) is 1. The molecule has 1 saturated carbocycles. The number of benzene rings is 3. The molecule has 7 nitrogen and oxygen atoms in total. The zero-order chi connectivity index (χ0) is 26.6. The molecular weight excluding hydrogens is 480 g/mol. The van der Waals surface area contributed by atoms with Crippen molar-refractivity contribution in [3.8, 4) is 17.2 Å². The fourth-order valence-electron chi connectivity index (χ4n) is 5.88. The minimum Gasteiger partial charge on any atom is -0.497 e. The Kier molecular flexibility index (Phi) is 7.54. The number of carbonyl (C=O) groups is 2. The molecule has 7 heteroatoms. The third-order valence-corrected chi connectivity index (χ3v) is 7.74. The third kappa shape index (κ3) is 4.80. The van der Waals surface area contributed by atoms with Crippen molar-refractivity contribution in [2.45, 2.75) is 50.1 Å². The zero-order valence-corrected chi connectivity index (χ0v) is 22.1. The smallest absolute Gasteiger partial charge is 0.254 e. The third-order valence-electron chi connectivity index (χ3n) is 7.74. The standard InChI is InChI=1S/C31H34N2O5/c1-36-23-16-13-20(14-17-23)29-28(30(34)32-21-15-18-26(37-2)27(19-21)38-3)24-11-7-8-12-25(24)31(35)33(29)22-9-5-4-6-10-22/h7-8,11-19,22,28-29H,4-6,9-10H2,1-3H3,(H,32,34)/t28-,29-/m0/s1. The molecule has 0 radical (unpaired) electrons. The lowest BCUT2D eigenvalue weighted by atomic mass is 9.77. The lowest BCUT2D eigenvalue weighted by molar-refractivity contribution is -0.119. The van der Waals surface area contributed by atoms with Crippen molar-refractivity contribution in [1.29, 1.82) is 0 Å². The molecule has 5 rings (SSSR count). The molecule has 3 aromatic carbocycles. The number of ether oxygens (including phenoxy) is 3. The average molecular weight is 515 g/mol. The van der Waals surface area contributed by atoms with Gasteiger partial charge < -0.3 is 24.4 Å². The Morgan fingerprint density at radius 3 is 2.24 bits per heavy atom. The van der Waals surface area contributed by atoms with Crippen LogP contribution in [0.2, 0.25) is 0 Å². The van der Waals surface area contributed by atoms with Crippen LogP contribution in [0.5, 0.6) is 17.2 Å². The summed E-state index contributed by atoms with van der Waals surface area (Å²) in [4.78, 5) is 30.2. The van der Waals surface area contributed by atoms with Crippen molar-refractivity contribution in [2.24, 2.45) is 0 Å². The zero-order valence-electron chi connectivity index (χ0n) is 22.1. The Labute approximate surface area is 223 Å². The van der Waals surface area contributed by atoms with Crippen LogP contribution in [0.15, 0.2) is 66.7 Å². The lowest BCUT2D eigenvalue weighted by Crippen LogP contribution is -2.51. The molecule has 198 valence electrons. The molecular formula is C31H34N2O5. The van der Waals surface area contributed by atoms with Crippen molar-refractivity contribution in [2.75, 3.05) is 26.6 Å². The molecule has 0 saturated heterocycles. The predicted molar refractivity (Wildman–Crippen MR) is 146 cm³/mol. The van der Waals surface area contributed by atoms with E-state index in [0.29, 0.717) is 22.7 Å². The van der Waals surface area contributed by atoms with Gasteiger partial charge in [0, 0.05) is 23.4 Å². The summed E-state index contributed by atoms with van der Waals surface area (Å²) in [5.41, 5.74) is 2.84. The Balaban J connectivity index is 1.61. The van der Waals surface area contributed by atoms with Gasteiger partial charge in [-0.1, -0.05) is 49.6 Å². The molecule has 1 N–H and O–H groups in total. The molecule has 38 heavy (non-hydrogen) atoms. The summed E-state index contributed by atoms with van der Waals surface area (Å²) in [6.07, 6.45) is 5.20. The summed E-state index contributed by atoms with van der Waals surface area (Å²) in [6, 6.07) is 20.2. The van der Waals surface area contributed by atoms with Gasteiger partial charge in [-0.25, -0.2) is 0 Å². The fraction of sp³-hybridized carbons (Fsp3) is 0.355. The number of rotatable bonds is 7. The lowest BCUT2D eigenvalue weighted by Gasteiger charge is -2.46. The number of anilines is 1. The first-order chi connectivity index (χ1) is 18.5. The Morgan fingerprint density at radius 1 is 0.842 bits per heavy atom. The van der Waals surface area contributed by atoms with Crippen molar-refractivity contribution in [3.05, 3.63) is 83.4 Å². The molecule has 2 aliphatic rings. The van der Waals surface area contributed by atoms with Crippen LogP contribution in [0.1, 0.15) is 65.5 Å². The van der Waals surface area contributed by atoms with E-state index in [4.69, 9.17) is 14.2 Å². The van der Waals surface area contributed by atoms with E-state index in [1.807, 2.05) is 53.4 Å². The average Bonchev–Trinajstić information content (AvgIpc) is 2.97. The van der Waals surface area contributed by atoms with Gasteiger partial charge in [0.05, 0.1) is 33.3 Å². The molecule has 0 bridgehead atoms. The minimum absolute atomic E-state index is 0.0107. The second kappa shape index (κ2) is 11.2. The maximum absolute atomic E-state index is 14.2. The van der Waals surface area contributed by atoms with E-state index in [1.54, 1.807) is 39.5 Å². The highest BCUT2D eigenvalue weighted by molar-refractivity contribution is 6.04. The number of fused-ring (bicyclic) bond motifs is 1. The summed E-state index contributed by atoms with van der Waals surface area (Å²) < 4.78 is 16.2. The number of nitrogens with zero attached hydrogens (tertiary/aromatic N) is 1. The topological polar surface area (TPSA) is 77.1 Å². The molecule has 1 aliphatic carbocycles. The normalized spacial score (nSPS) is 19.4. The van der Waals surface area contributed by atoms with Crippen molar-refractivity contribution >= 4 is 17.5 Å². The molecule has 0 aromatic heterocycles. The largest absolute Gasteiger partial charge is 0.497 e. The highest BCUT2D eigenvalue weighted by Crippen LogP contribution is 2.46. The SMILES string of the molecule is COc1ccc([C@H]2[C@@H](C(=O)Nc3ccc(OC)c(OC)c3)c3ccccc3C(=O)N2C2CCCCC2)cc1. The van der Waals surface area contributed by atoms with Gasteiger partial charge in [0.25, 0.3) is 5.91 Å². The summed E-state index contributed by atoms with van der Waals surface area (Å²) in [5, 5.41) is 3.10. The van der Waals surface area contributed by atoms with E-state index >= 15 is 0 Å². The van der Waals surface area contributed by atoms with Crippen LogP contribution in [0.25, 0.3) is 0 Å². The van der Waals surface area contributed by atoms with E-state index in [-0.39, 0.29) is 17.9 Å². The first-order valence-electron chi connectivity index (χ1n) is 13.1. The van der Waals surface area contributed by atoms with Crippen molar-refractivity contribution in [3.63, 3.8) is 0 Å². The summed E-state index contributed by atoms with van der Waals surface area (Å²) >= 11 is 0. The van der Waals surface area contributed by atoms with Crippen molar-refractivity contribution in [1.82, 2.24) is 4.90 Å². The van der Waals surface area contributed by atoms with Crippen LogP contribution >= 0.6 is 0 Å². The van der Waals surface area contributed by atoms with E-state index in [0.717, 1.165) is 42.6 Å². The number of amides is 2. The van der Waals surface area contributed by atoms with Crippen LogP contribution < -0.4 is 19.5 Å². The molecule has 2 amide bonds. The molecule has 1 aliphatic heterocycles. The van der Waals surface area contributed by atoms with Gasteiger partial charge in [-0.15, -0.1) is 0 Å². The first-order valence-corrected chi connectivity index (χ1v) is 13.1. The maximum Gasteiger partial charge on any atom is 0.254 e. The van der Waals surface area contributed by atoms with Crippen LogP contribution in [-0.2, 0) is 4.79 Å². The van der Waals surface area contributed by atoms with E-state index in [1.165, 1.54) is 6.42 Å². The molecule has 3 aromatic rings. The quantitative estimate of drug-likeness (QED) is 0.421. The number of hydrogen-bond acceptors (Lipinski definition) is 5. The Morgan fingerprint density at radius 2 is 1.55 bits per heavy atom. The number of carbonyl (C=O) groups excluding carboxylic acids is 2. The monoisotopic (exact) mass is 514 g/mol. The van der Waals surface area contributed by atoms with Gasteiger partial charge in [-0.05, 0) is 54.3 Å². The summed E-state index contributed by atoms with van der Waals surface area (Å²) in [7, 11) is 4.77. The maximum atomic E-state index is 14.2. The predicted octanol–water partition coefficient (Wildman–Crippen LogP) is 5.96. The highest BCUT2D eigenvalue weighted by Gasteiger charge is 2.46. The Hall–Kier alpha value is -4.00. The van der Waals surface area contributed by atoms with Crippen LogP contribution in [-0.4, -0.2) is 44.1 Å². The summed E-state index contributed by atoms with van der Waals surface area (Å²) in [6.45, 7) is 0. The van der Waals surface area contributed by atoms with Gasteiger partial charge in [-0.2, -0.15) is 0 Å². The number of hydrogen-bond donors (Lipinski definition) is 1. The second-order valence-corrected chi connectivity index (χ2v) is 9.85. The van der Waals surface area contributed by atoms with Gasteiger partial charge in [0.15, 0.2) is 11.5 Å².